The van der Waals surface area contributed by atoms with E-state index < -0.39 is 0 Å². The van der Waals surface area contributed by atoms with E-state index in [1.165, 1.54) is 0 Å². The number of carbonyl (C=O) groups is 1. The van der Waals surface area contributed by atoms with Gasteiger partial charge in [0.15, 0.2) is 0 Å². The van der Waals surface area contributed by atoms with Crippen molar-refractivity contribution in [3.05, 3.63) is 11.9 Å². The van der Waals surface area contributed by atoms with Crippen LogP contribution in [0.2, 0.25) is 0 Å². The molecule has 1 rings (SSSR count). The molecule has 0 atom stereocenters. The maximum Gasteiger partial charge on any atom is 0.132 e. The normalized spacial score (nSPS) is 11.2. The summed E-state index contributed by atoms with van der Waals surface area (Å²) in [5.41, 5.74) is -0.0442. The molecule has 18 heavy (non-hydrogen) atoms. The SMILES string of the molecule is CC(=O)CCNc1cc(NC(C)(C)C)nc(C)n1. The van der Waals surface area contributed by atoms with Crippen molar-refractivity contribution in [2.24, 2.45) is 0 Å². The lowest BCUT2D eigenvalue weighted by atomic mass is 10.1. The molecule has 0 saturated carbocycles. The Kier molecular flexibility index (Phi) is 4.64. The maximum absolute atomic E-state index is 10.9. The summed E-state index contributed by atoms with van der Waals surface area (Å²) in [5.74, 6) is 2.41. The molecule has 5 heteroatoms. The Morgan fingerprint density at radius 2 is 1.89 bits per heavy atom. The Labute approximate surface area is 108 Å². The third-order valence-electron chi connectivity index (χ3n) is 2.12. The molecule has 5 nitrogen and oxygen atoms in total. The van der Waals surface area contributed by atoms with Gasteiger partial charge in [-0.25, -0.2) is 9.97 Å². The van der Waals surface area contributed by atoms with Gasteiger partial charge in [0, 0.05) is 24.6 Å². The maximum atomic E-state index is 10.9. The molecule has 100 valence electrons. The number of anilines is 2. The highest BCUT2D eigenvalue weighted by Gasteiger charge is 2.11. The Morgan fingerprint density at radius 1 is 1.28 bits per heavy atom. The van der Waals surface area contributed by atoms with Crippen molar-refractivity contribution in [2.75, 3.05) is 17.2 Å². The largest absolute Gasteiger partial charge is 0.369 e. The van der Waals surface area contributed by atoms with Crippen LogP contribution in [0.15, 0.2) is 6.07 Å². The van der Waals surface area contributed by atoms with Gasteiger partial charge in [-0.1, -0.05) is 0 Å². The molecule has 0 saturated heterocycles. The lowest BCUT2D eigenvalue weighted by molar-refractivity contribution is -0.116. The topological polar surface area (TPSA) is 66.9 Å². The number of rotatable bonds is 5. The van der Waals surface area contributed by atoms with E-state index in [9.17, 15) is 4.79 Å². The Bertz CT molecular complexity index is 423. The molecular formula is C13H22N4O. The van der Waals surface area contributed by atoms with Crippen LogP contribution in [-0.4, -0.2) is 27.8 Å². The fraction of sp³-hybridized carbons (Fsp3) is 0.615. The third kappa shape index (κ3) is 5.61. The molecule has 0 unspecified atom stereocenters. The number of nitrogens with one attached hydrogen (secondary N) is 2. The van der Waals surface area contributed by atoms with Gasteiger partial charge in [0.2, 0.25) is 0 Å². The number of carbonyl (C=O) groups excluding carboxylic acids is 1. The van der Waals surface area contributed by atoms with E-state index in [-0.39, 0.29) is 11.3 Å². The molecular weight excluding hydrogens is 228 g/mol. The van der Waals surface area contributed by atoms with E-state index in [0.29, 0.717) is 18.8 Å². The summed E-state index contributed by atoms with van der Waals surface area (Å²) in [7, 11) is 0. The molecule has 1 heterocycles. The molecule has 1 aromatic rings. The molecule has 1 aromatic heterocycles. The highest BCUT2D eigenvalue weighted by molar-refractivity contribution is 5.75. The number of hydrogen-bond donors (Lipinski definition) is 2. The molecule has 0 fully saturated rings. The minimum atomic E-state index is -0.0442. The minimum absolute atomic E-state index is 0.0442. The summed E-state index contributed by atoms with van der Waals surface area (Å²) in [6.07, 6.45) is 0.505. The molecule has 0 aliphatic carbocycles. The Balaban J connectivity index is 2.71. The average Bonchev–Trinajstić information content (AvgIpc) is 2.12. The van der Waals surface area contributed by atoms with Crippen molar-refractivity contribution in [1.29, 1.82) is 0 Å². The van der Waals surface area contributed by atoms with Crippen molar-refractivity contribution in [1.82, 2.24) is 9.97 Å². The van der Waals surface area contributed by atoms with Crippen LogP contribution < -0.4 is 10.6 Å². The van der Waals surface area contributed by atoms with Crippen LogP contribution in [0.3, 0.4) is 0 Å². The monoisotopic (exact) mass is 250 g/mol. The number of hydrogen-bond acceptors (Lipinski definition) is 5. The smallest absolute Gasteiger partial charge is 0.132 e. The van der Waals surface area contributed by atoms with E-state index >= 15 is 0 Å². The van der Waals surface area contributed by atoms with Crippen LogP contribution >= 0.6 is 0 Å². The fourth-order valence-corrected chi connectivity index (χ4v) is 1.47. The van der Waals surface area contributed by atoms with Gasteiger partial charge in [-0.2, -0.15) is 0 Å². The second-order valence-electron chi connectivity index (χ2n) is 5.44. The number of aryl methyl sites for hydroxylation is 1. The Morgan fingerprint density at radius 3 is 2.44 bits per heavy atom. The molecule has 2 N–H and O–H groups in total. The summed E-state index contributed by atoms with van der Waals surface area (Å²) < 4.78 is 0. The summed E-state index contributed by atoms with van der Waals surface area (Å²) in [6.45, 7) is 10.3. The van der Waals surface area contributed by atoms with E-state index in [0.717, 1.165) is 11.6 Å². The molecule has 0 aromatic carbocycles. The van der Waals surface area contributed by atoms with Gasteiger partial charge < -0.3 is 10.6 Å². The third-order valence-corrected chi connectivity index (χ3v) is 2.12. The van der Waals surface area contributed by atoms with Crippen LogP contribution in [0.4, 0.5) is 11.6 Å². The zero-order valence-electron chi connectivity index (χ0n) is 11.8. The fourth-order valence-electron chi connectivity index (χ4n) is 1.47. The number of ketones is 1. The molecule has 0 spiro atoms. The number of nitrogens with zero attached hydrogens (tertiary/aromatic N) is 2. The van der Waals surface area contributed by atoms with Crippen LogP contribution in [0.5, 0.6) is 0 Å². The second kappa shape index (κ2) is 5.80. The predicted molar refractivity (Wildman–Crippen MR) is 73.9 cm³/mol. The van der Waals surface area contributed by atoms with E-state index in [2.05, 4.69) is 41.4 Å². The van der Waals surface area contributed by atoms with Crippen LogP contribution in [0.25, 0.3) is 0 Å². The number of aromatic nitrogens is 2. The van der Waals surface area contributed by atoms with Gasteiger partial charge in [-0.15, -0.1) is 0 Å². The van der Waals surface area contributed by atoms with Crippen molar-refractivity contribution in [3.63, 3.8) is 0 Å². The highest BCUT2D eigenvalue weighted by Crippen LogP contribution is 2.15. The highest BCUT2D eigenvalue weighted by atomic mass is 16.1. The van der Waals surface area contributed by atoms with Gasteiger partial charge in [0.05, 0.1) is 0 Å². The van der Waals surface area contributed by atoms with Gasteiger partial charge >= 0.3 is 0 Å². The first kappa shape index (κ1) is 14.4. The zero-order chi connectivity index (χ0) is 13.8. The van der Waals surface area contributed by atoms with E-state index in [1.54, 1.807) is 6.92 Å². The van der Waals surface area contributed by atoms with Gasteiger partial charge in [-0.05, 0) is 34.6 Å². The van der Waals surface area contributed by atoms with Gasteiger partial charge in [0.25, 0.3) is 0 Å². The first-order valence-electron chi connectivity index (χ1n) is 6.13. The van der Waals surface area contributed by atoms with Crippen molar-refractivity contribution in [2.45, 2.75) is 46.6 Å². The Hall–Kier alpha value is -1.65. The minimum Gasteiger partial charge on any atom is -0.369 e. The van der Waals surface area contributed by atoms with E-state index in [4.69, 9.17) is 0 Å². The molecule has 0 aliphatic rings. The van der Waals surface area contributed by atoms with Crippen molar-refractivity contribution in [3.8, 4) is 0 Å². The lowest BCUT2D eigenvalue weighted by Gasteiger charge is -2.21. The quantitative estimate of drug-likeness (QED) is 0.840. The van der Waals surface area contributed by atoms with Gasteiger partial charge in [0.1, 0.15) is 23.2 Å². The summed E-state index contributed by atoms with van der Waals surface area (Å²) in [4.78, 5) is 19.5. The first-order valence-corrected chi connectivity index (χ1v) is 6.13. The summed E-state index contributed by atoms with van der Waals surface area (Å²) in [6, 6.07) is 1.86. The summed E-state index contributed by atoms with van der Waals surface area (Å²) >= 11 is 0. The van der Waals surface area contributed by atoms with E-state index in [1.807, 2.05) is 13.0 Å². The van der Waals surface area contributed by atoms with Crippen LogP contribution in [-0.2, 0) is 4.79 Å². The zero-order valence-corrected chi connectivity index (χ0v) is 11.8. The molecule has 0 amide bonds. The average molecular weight is 250 g/mol. The van der Waals surface area contributed by atoms with Crippen LogP contribution in [0, 0.1) is 6.92 Å². The van der Waals surface area contributed by atoms with Gasteiger partial charge in [-0.3, -0.25) is 4.79 Å². The second-order valence-corrected chi connectivity index (χ2v) is 5.44. The molecule has 0 bridgehead atoms. The van der Waals surface area contributed by atoms with Crippen LogP contribution in [0.1, 0.15) is 39.9 Å². The molecule has 0 radical (unpaired) electrons. The summed E-state index contributed by atoms with van der Waals surface area (Å²) in [5, 5.41) is 6.43. The first-order chi connectivity index (χ1) is 8.26. The predicted octanol–water partition coefficient (Wildman–Crippen LogP) is 2.39. The standard InChI is InChI=1S/C13H22N4O/c1-9(18)6-7-14-11-8-12(16-10(2)15-11)17-13(3,4)5/h8H,6-7H2,1-5H3,(H2,14,15,16,17). The number of Topliss-reactive ketones (excluding diaryl/α,β-unsaturated/α-hetero) is 1. The van der Waals surface area contributed by atoms with Crippen molar-refractivity contribution < 1.29 is 4.79 Å². The van der Waals surface area contributed by atoms with Crippen molar-refractivity contribution >= 4 is 17.4 Å². The molecule has 0 aliphatic heterocycles. The lowest BCUT2D eigenvalue weighted by Crippen LogP contribution is -2.27.